The van der Waals surface area contributed by atoms with E-state index in [1.807, 2.05) is 0 Å². The molecular formula is C71H110O6. The number of rotatable bonds is 53. The van der Waals surface area contributed by atoms with Crippen LogP contribution in [0.5, 0.6) is 0 Å². The van der Waals surface area contributed by atoms with E-state index in [4.69, 9.17) is 14.2 Å². The molecule has 430 valence electrons. The second kappa shape index (κ2) is 63.3. The van der Waals surface area contributed by atoms with Crippen molar-refractivity contribution in [3.05, 3.63) is 170 Å². The van der Waals surface area contributed by atoms with Gasteiger partial charge in [-0.15, -0.1) is 0 Å². The third-order valence-corrected chi connectivity index (χ3v) is 12.2. The first-order chi connectivity index (χ1) is 38.0. The summed E-state index contributed by atoms with van der Waals surface area (Å²) < 4.78 is 16.7. The molecule has 0 aromatic rings. The molecule has 0 aromatic carbocycles. The van der Waals surface area contributed by atoms with Crippen LogP contribution in [0.2, 0.25) is 0 Å². The summed E-state index contributed by atoms with van der Waals surface area (Å²) in [5, 5.41) is 0. The molecule has 0 saturated carbocycles. The largest absolute Gasteiger partial charge is 0.462 e. The number of unbranched alkanes of at least 4 members (excludes halogenated alkanes) is 14. The second-order valence-electron chi connectivity index (χ2n) is 19.5. The van der Waals surface area contributed by atoms with Gasteiger partial charge in [-0.05, 0) is 135 Å². The third-order valence-electron chi connectivity index (χ3n) is 12.2. The van der Waals surface area contributed by atoms with Gasteiger partial charge in [0.2, 0.25) is 0 Å². The van der Waals surface area contributed by atoms with E-state index >= 15 is 0 Å². The summed E-state index contributed by atoms with van der Waals surface area (Å²) in [5.74, 6) is -0.965. The molecule has 0 aromatic heterocycles. The SMILES string of the molecule is CC/C=C\C/C=C\C/C=C\C/C=C\C/C=C\C/C=C\C/C=C\C/C=C\CCCCCCC(=O)OCC(COC(=O)CCCCCCC)OC(=O)CCCCCCCC/C=C\C/C=C\C/C=C\C/C=C\C/C=C\C/C=C\CC. The molecule has 0 bridgehead atoms. The molecule has 0 aliphatic carbocycles. The summed E-state index contributed by atoms with van der Waals surface area (Å²) >= 11 is 0. The first-order valence-electron chi connectivity index (χ1n) is 30.6. The predicted molar refractivity (Wildman–Crippen MR) is 334 cm³/mol. The highest BCUT2D eigenvalue weighted by Gasteiger charge is 2.19. The number of esters is 3. The molecule has 0 rings (SSSR count). The van der Waals surface area contributed by atoms with Gasteiger partial charge in [0.05, 0.1) is 0 Å². The molecule has 0 saturated heterocycles. The van der Waals surface area contributed by atoms with Crippen molar-refractivity contribution in [3.63, 3.8) is 0 Å². The van der Waals surface area contributed by atoms with Crippen molar-refractivity contribution in [2.75, 3.05) is 13.2 Å². The van der Waals surface area contributed by atoms with E-state index in [1.54, 1.807) is 0 Å². The maximum atomic E-state index is 12.8. The first kappa shape index (κ1) is 71.8. The van der Waals surface area contributed by atoms with E-state index in [1.165, 1.54) is 12.8 Å². The van der Waals surface area contributed by atoms with Crippen molar-refractivity contribution in [1.29, 1.82) is 0 Å². The van der Waals surface area contributed by atoms with E-state index < -0.39 is 6.10 Å². The van der Waals surface area contributed by atoms with Crippen LogP contribution in [-0.4, -0.2) is 37.2 Å². The lowest BCUT2D eigenvalue weighted by atomic mass is 10.1. The normalized spacial score (nSPS) is 13.3. The van der Waals surface area contributed by atoms with Gasteiger partial charge in [0.25, 0.3) is 0 Å². The first-order valence-corrected chi connectivity index (χ1v) is 30.6. The van der Waals surface area contributed by atoms with E-state index in [0.717, 1.165) is 186 Å². The molecule has 0 spiro atoms. The molecule has 0 fully saturated rings. The van der Waals surface area contributed by atoms with Gasteiger partial charge in [0.15, 0.2) is 6.10 Å². The van der Waals surface area contributed by atoms with Crippen LogP contribution < -0.4 is 0 Å². The minimum Gasteiger partial charge on any atom is -0.462 e. The Hall–Kier alpha value is -5.23. The van der Waals surface area contributed by atoms with E-state index in [9.17, 15) is 14.4 Å². The zero-order chi connectivity index (χ0) is 55.7. The Morgan fingerprint density at radius 1 is 0.273 bits per heavy atom. The van der Waals surface area contributed by atoms with E-state index in [-0.39, 0.29) is 31.1 Å². The van der Waals surface area contributed by atoms with E-state index in [2.05, 4.69) is 191 Å². The number of carbonyl (C=O) groups excluding carboxylic acids is 3. The lowest BCUT2D eigenvalue weighted by Gasteiger charge is -2.18. The van der Waals surface area contributed by atoms with Gasteiger partial charge < -0.3 is 14.2 Å². The summed E-state index contributed by atoms with van der Waals surface area (Å²) in [6.45, 7) is 6.27. The highest BCUT2D eigenvalue weighted by atomic mass is 16.6. The quantitative estimate of drug-likeness (QED) is 0.0261. The Morgan fingerprint density at radius 2 is 0.506 bits per heavy atom. The summed E-state index contributed by atoms with van der Waals surface area (Å²) in [7, 11) is 0. The van der Waals surface area contributed by atoms with Crippen molar-refractivity contribution < 1.29 is 28.6 Å². The van der Waals surface area contributed by atoms with Gasteiger partial charge in [-0.25, -0.2) is 0 Å². The summed E-state index contributed by atoms with van der Waals surface area (Å²) in [5.41, 5.74) is 0. The predicted octanol–water partition coefficient (Wildman–Crippen LogP) is 21.1. The fourth-order valence-corrected chi connectivity index (χ4v) is 7.69. The van der Waals surface area contributed by atoms with Crippen molar-refractivity contribution in [3.8, 4) is 0 Å². The highest BCUT2D eigenvalue weighted by Crippen LogP contribution is 2.13. The van der Waals surface area contributed by atoms with Crippen LogP contribution in [0.15, 0.2) is 170 Å². The third kappa shape index (κ3) is 61.5. The van der Waals surface area contributed by atoms with Gasteiger partial charge in [-0.2, -0.15) is 0 Å². The lowest BCUT2D eigenvalue weighted by molar-refractivity contribution is -0.167. The maximum Gasteiger partial charge on any atom is 0.306 e. The fourth-order valence-electron chi connectivity index (χ4n) is 7.69. The van der Waals surface area contributed by atoms with Crippen LogP contribution in [0.3, 0.4) is 0 Å². The molecule has 6 nitrogen and oxygen atoms in total. The number of hydrogen-bond acceptors (Lipinski definition) is 6. The van der Waals surface area contributed by atoms with Crippen LogP contribution in [0.25, 0.3) is 0 Å². The van der Waals surface area contributed by atoms with Gasteiger partial charge in [-0.3, -0.25) is 14.4 Å². The summed E-state index contributed by atoms with van der Waals surface area (Å²) in [6, 6.07) is 0. The Balaban J connectivity index is 4.22. The molecule has 1 atom stereocenters. The molecule has 1 unspecified atom stereocenters. The zero-order valence-electron chi connectivity index (χ0n) is 49.1. The van der Waals surface area contributed by atoms with Crippen molar-refractivity contribution >= 4 is 17.9 Å². The number of hydrogen-bond donors (Lipinski definition) is 0. The smallest absolute Gasteiger partial charge is 0.306 e. The van der Waals surface area contributed by atoms with Crippen LogP contribution in [0.1, 0.15) is 239 Å². The molecule has 0 aliphatic heterocycles. The highest BCUT2D eigenvalue weighted by molar-refractivity contribution is 5.71. The monoisotopic (exact) mass is 1060 g/mol. The minimum atomic E-state index is -0.803. The zero-order valence-corrected chi connectivity index (χ0v) is 49.1. The Kier molecular flexibility index (Phi) is 59.0. The van der Waals surface area contributed by atoms with Crippen LogP contribution in [0, 0.1) is 0 Å². The Morgan fingerprint density at radius 3 is 0.792 bits per heavy atom. The molecular weight excluding hydrogens is 949 g/mol. The summed E-state index contributed by atoms with van der Waals surface area (Å²) in [4.78, 5) is 37.9. The minimum absolute atomic E-state index is 0.101. The molecule has 0 N–H and O–H groups in total. The van der Waals surface area contributed by atoms with Crippen LogP contribution >= 0.6 is 0 Å². The molecule has 0 amide bonds. The molecule has 77 heavy (non-hydrogen) atoms. The molecule has 0 aliphatic rings. The molecule has 6 heteroatoms. The Labute approximate surface area is 472 Å². The topological polar surface area (TPSA) is 78.9 Å². The van der Waals surface area contributed by atoms with Gasteiger partial charge in [0.1, 0.15) is 13.2 Å². The van der Waals surface area contributed by atoms with Gasteiger partial charge >= 0.3 is 17.9 Å². The average molecular weight is 1060 g/mol. The second-order valence-corrected chi connectivity index (χ2v) is 19.5. The van der Waals surface area contributed by atoms with Crippen LogP contribution in [-0.2, 0) is 28.6 Å². The molecule has 0 radical (unpaired) electrons. The summed E-state index contributed by atoms with van der Waals surface area (Å²) in [6.07, 6.45) is 93.9. The molecule has 0 heterocycles. The Bertz CT molecular complexity index is 1790. The number of carbonyl (C=O) groups is 3. The standard InChI is InChI=1S/C71H110O6/c1-4-7-10-13-15-17-19-21-23-25-27-29-31-33-34-35-36-38-39-41-43-45-47-49-51-53-55-58-61-64-70(73)76-67-68(66-75-69(72)63-60-57-12-9-6-3)77-71(74)65-62-59-56-54-52-50-48-46-44-42-40-37-32-30-28-26-24-22-20-18-16-14-11-8-5-2/h7-8,10-11,15-18,21-24,27-30,33-34,36-38,40-41,43-44,46-47,49,68H,4-6,9,12-14,19-20,25-26,31-32,35,39,42,45,48,50-67H2,1-3H3/b10-7-,11-8-,17-15-,18-16-,23-21-,24-22-,29-27-,30-28-,34-33-,38-36-,40-37-,43-41-,46-44-,49-47-. The van der Waals surface area contributed by atoms with Crippen molar-refractivity contribution in [2.45, 2.75) is 245 Å². The van der Waals surface area contributed by atoms with Crippen molar-refractivity contribution in [1.82, 2.24) is 0 Å². The average Bonchev–Trinajstić information content (AvgIpc) is 3.43. The van der Waals surface area contributed by atoms with Crippen molar-refractivity contribution in [2.24, 2.45) is 0 Å². The van der Waals surface area contributed by atoms with Gasteiger partial charge in [0, 0.05) is 19.3 Å². The van der Waals surface area contributed by atoms with E-state index in [0.29, 0.717) is 19.3 Å². The van der Waals surface area contributed by atoms with Gasteiger partial charge in [-0.1, -0.05) is 255 Å². The fraction of sp³-hybridized carbons (Fsp3) is 0.563. The maximum absolute atomic E-state index is 12.8. The van der Waals surface area contributed by atoms with Crippen LogP contribution in [0.4, 0.5) is 0 Å². The number of ether oxygens (including phenoxy) is 3. The number of allylic oxidation sites excluding steroid dienone is 28. The lowest BCUT2D eigenvalue weighted by Crippen LogP contribution is -2.30.